The Morgan fingerprint density at radius 3 is 2.44 bits per heavy atom. The van der Waals surface area contributed by atoms with Gasteiger partial charge in [-0.05, 0) is 62.7 Å². The molecule has 1 saturated heterocycles. The molecule has 0 N–H and O–H groups in total. The van der Waals surface area contributed by atoms with Crippen LogP contribution in [0, 0.1) is 6.92 Å². The molecule has 0 saturated carbocycles. The lowest BCUT2D eigenvalue weighted by Crippen LogP contribution is -2.42. The topological polar surface area (TPSA) is 49.9 Å². The van der Waals surface area contributed by atoms with Crippen molar-refractivity contribution >= 4 is 40.2 Å². The van der Waals surface area contributed by atoms with Gasteiger partial charge in [0.2, 0.25) is 0 Å². The molecule has 0 spiro atoms. The Bertz CT molecular complexity index is 1160. The molecule has 0 aromatic heterocycles. The first-order chi connectivity index (χ1) is 15.1. The number of methoxy groups -OCH3 is 1. The average Bonchev–Trinajstić information content (AvgIpc) is 3.00. The van der Waals surface area contributed by atoms with Crippen LogP contribution in [0.3, 0.4) is 0 Å². The summed E-state index contributed by atoms with van der Waals surface area (Å²) >= 11 is 0.975. The van der Waals surface area contributed by atoms with E-state index in [0.29, 0.717) is 10.7 Å². The summed E-state index contributed by atoms with van der Waals surface area (Å²) in [4.78, 5) is 29.6. The summed E-state index contributed by atoms with van der Waals surface area (Å²) < 4.78 is 5.66. The number of benzene rings is 2. The molecule has 1 fully saturated rings. The van der Waals surface area contributed by atoms with Crippen LogP contribution in [-0.2, 0) is 11.3 Å². The Morgan fingerprint density at radius 1 is 1.09 bits per heavy atom. The molecule has 0 bridgehead atoms. The number of amides is 2. The zero-order valence-electron chi connectivity index (χ0n) is 19.4. The molecule has 4 rings (SSSR count). The van der Waals surface area contributed by atoms with E-state index in [1.54, 1.807) is 13.2 Å². The maximum Gasteiger partial charge on any atom is 0.293 e. The Hall–Kier alpha value is -2.99. The second kappa shape index (κ2) is 8.17. The number of anilines is 1. The molecule has 2 aliphatic rings. The summed E-state index contributed by atoms with van der Waals surface area (Å²) in [5, 5.41) is -0.253. The van der Waals surface area contributed by atoms with Crippen LogP contribution in [0.2, 0.25) is 0 Å². The number of rotatable bonds is 4. The van der Waals surface area contributed by atoms with E-state index in [-0.39, 0.29) is 23.2 Å². The van der Waals surface area contributed by atoms with Crippen molar-refractivity contribution in [3.8, 4) is 5.75 Å². The van der Waals surface area contributed by atoms with Gasteiger partial charge in [-0.2, -0.15) is 0 Å². The lowest BCUT2D eigenvalue weighted by molar-refractivity contribution is -0.123. The average molecular weight is 449 g/mol. The van der Waals surface area contributed by atoms with Gasteiger partial charge in [0.15, 0.2) is 0 Å². The molecule has 2 heterocycles. The van der Waals surface area contributed by atoms with Gasteiger partial charge in [-0.15, -0.1) is 0 Å². The number of imide groups is 1. The number of fused-ring (bicyclic) bond motifs is 1. The Balaban J connectivity index is 1.68. The quantitative estimate of drug-likeness (QED) is 0.548. The number of hydrogen-bond donors (Lipinski definition) is 0. The van der Waals surface area contributed by atoms with E-state index in [2.05, 4.69) is 38.8 Å². The maximum atomic E-state index is 13.0. The van der Waals surface area contributed by atoms with Gasteiger partial charge >= 0.3 is 0 Å². The number of carbonyl (C=O) groups excluding carboxylic acids is 2. The second-order valence-corrected chi connectivity index (χ2v) is 9.90. The first-order valence-corrected chi connectivity index (χ1v) is 11.4. The number of allylic oxidation sites excluding steroid dienone is 1. The second-order valence-electron chi connectivity index (χ2n) is 8.90. The van der Waals surface area contributed by atoms with Crippen molar-refractivity contribution in [2.45, 2.75) is 39.8 Å². The van der Waals surface area contributed by atoms with Gasteiger partial charge in [-0.3, -0.25) is 14.5 Å². The van der Waals surface area contributed by atoms with E-state index in [0.717, 1.165) is 39.7 Å². The largest absolute Gasteiger partial charge is 0.496 e. The highest BCUT2D eigenvalue weighted by atomic mass is 32.2. The SMILES string of the molecule is COc1cc2c(cc1/C=C1/SC(=O)N(Cc3ccc(C)cc3)C1=O)C(C)=CC(C)(C)N2C. The van der Waals surface area contributed by atoms with Gasteiger partial charge in [0, 0.05) is 29.9 Å². The van der Waals surface area contributed by atoms with Gasteiger partial charge in [0.1, 0.15) is 5.75 Å². The first-order valence-electron chi connectivity index (χ1n) is 10.6. The normalized spacial score (nSPS) is 18.8. The van der Waals surface area contributed by atoms with Gasteiger partial charge < -0.3 is 9.64 Å². The minimum Gasteiger partial charge on any atom is -0.496 e. The lowest BCUT2D eigenvalue weighted by Gasteiger charge is -2.41. The van der Waals surface area contributed by atoms with E-state index >= 15 is 0 Å². The minimum atomic E-state index is -0.272. The highest BCUT2D eigenvalue weighted by Crippen LogP contribution is 2.43. The summed E-state index contributed by atoms with van der Waals surface area (Å²) in [7, 11) is 3.69. The number of ether oxygens (including phenoxy) is 1. The molecule has 2 aromatic carbocycles. The van der Waals surface area contributed by atoms with Crippen molar-refractivity contribution in [1.82, 2.24) is 4.90 Å². The van der Waals surface area contributed by atoms with E-state index < -0.39 is 0 Å². The van der Waals surface area contributed by atoms with Crippen molar-refractivity contribution in [2.75, 3.05) is 19.1 Å². The molecule has 0 unspecified atom stereocenters. The molecule has 6 heteroatoms. The van der Waals surface area contributed by atoms with Crippen molar-refractivity contribution in [3.05, 3.63) is 69.6 Å². The predicted molar refractivity (Wildman–Crippen MR) is 132 cm³/mol. The fourth-order valence-electron chi connectivity index (χ4n) is 4.14. The van der Waals surface area contributed by atoms with E-state index in [4.69, 9.17) is 4.74 Å². The van der Waals surface area contributed by atoms with Crippen molar-refractivity contribution < 1.29 is 14.3 Å². The van der Waals surface area contributed by atoms with Crippen molar-refractivity contribution in [2.24, 2.45) is 0 Å². The van der Waals surface area contributed by atoms with Crippen LogP contribution in [0.4, 0.5) is 10.5 Å². The van der Waals surface area contributed by atoms with E-state index in [1.807, 2.05) is 43.3 Å². The highest BCUT2D eigenvalue weighted by Gasteiger charge is 2.35. The number of hydrogen-bond acceptors (Lipinski definition) is 5. The third-order valence-electron chi connectivity index (χ3n) is 6.19. The molecular formula is C26H28N2O3S. The third kappa shape index (κ3) is 3.95. The standard InChI is InChI=1S/C26H28N2O3S/c1-16-7-9-18(10-8-16)15-28-24(29)23(32-25(28)30)12-19-11-20-17(2)14-26(3,4)27(5)21(20)13-22(19)31-6/h7-14H,15H2,1-6H3/b23-12+. The molecule has 166 valence electrons. The van der Waals surface area contributed by atoms with Crippen LogP contribution in [0.5, 0.6) is 5.75 Å². The molecule has 32 heavy (non-hydrogen) atoms. The van der Waals surface area contributed by atoms with Crippen LogP contribution in [0.25, 0.3) is 11.6 Å². The summed E-state index contributed by atoms with van der Waals surface area (Å²) in [5.74, 6) is 0.400. The first kappa shape index (κ1) is 22.2. The van der Waals surface area contributed by atoms with Gasteiger partial charge in [0.05, 0.1) is 24.1 Å². The third-order valence-corrected chi connectivity index (χ3v) is 7.10. The molecule has 2 amide bonds. The predicted octanol–water partition coefficient (Wildman–Crippen LogP) is 5.87. The van der Waals surface area contributed by atoms with Gasteiger partial charge in [0.25, 0.3) is 11.1 Å². The molecule has 0 aliphatic carbocycles. The fraction of sp³-hybridized carbons (Fsp3) is 0.308. The Labute approximate surface area is 193 Å². The molecule has 5 nitrogen and oxygen atoms in total. The van der Waals surface area contributed by atoms with Crippen LogP contribution < -0.4 is 9.64 Å². The summed E-state index contributed by atoms with van der Waals surface area (Å²) in [6, 6.07) is 11.9. The van der Waals surface area contributed by atoms with Gasteiger partial charge in [-0.25, -0.2) is 0 Å². The van der Waals surface area contributed by atoms with Crippen LogP contribution >= 0.6 is 11.8 Å². The zero-order chi connectivity index (χ0) is 23.2. The zero-order valence-corrected chi connectivity index (χ0v) is 20.2. The Morgan fingerprint density at radius 2 is 1.78 bits per heavy atom. The molecule has 2 aliphatic heterocycles. The Kier molecular flexibility index (Phi) is 5.67. The van der Waals surface area contributed by atoms with E-state index in [1.165, 1.54) is 10.5 Å². The number of carbonyl (C=O) groups is 2. The van der Waals surface area contributed by atoms with Crippen LogP contribution in [0.1, 0.15) is 43.0 Å². The molecular weight excluding hydrogens is 420 g/mol. The fourth-order valence-corrected chi connectivity index (χ4v) is 4.97. The van der Waals surface area contributed by atoms with Crippen LogP contribution in [-0.4, -0.2) is 35.7 Å². The van der Waals surface area contributed by atoms with E-state index in [9.17, 15) is 9.59 Å². The minimum absolute atomic E-state index is 0.109. The molecule has 2 aromatic rings. The summed E-state index contributed by atoms with van der Waals surface area (Å²) in [6.45, 7) is 8.71. The smallest absolute Gasteiger partial charge is 0.293 e. The lowest BCUT2D eigenvalue weighted by atomic mass is 9.88. The van der Waals surface area contributed by atoms with Crippen LogP contribution in [0.15, 0.2) is 47.4 Å². The summed E-state index contributed by atoms with van der Waals surface area (Å²) in [5.41, 5.74) is 6.09. The van der Waals surface area contributed by atoms with Crippen molar-refractivity contribution in [3.63, 3.8) is 0 Å². The monoisotopic (exact) mass is 448 g/mol. The van der Waals surface area contributed by atoms with Crippen molar-refractivity contribution in [1.29, 1.82) is 0 Å². The molecule has 0 radical (unpaired) electrons. The number of likely N-dealkylation sites (N-methyl/N-ethyl adjacent to an activating group) is 1. The number of thioether (sulfide) groups is 1. The highest BCUT2D eigenvalue weighted by molar-refractivity contribution is 8.18. The van der Waals surface area contributed by atoms with Gasteiger partial charge in [-0.1, -0.05) is 35.9 Å². The summed E-state index contributed by atoms with van der Waals surface area (Å²) in [6.07, 6.45) is 4.01. The maximum absolute atomic E-state index is 13.0. The number of aryl methyl sites for hydroxylation is 1. The number of nitrogens with zero attached hydrogens (tertiary/aromatic N) is 2. The molecule has 0 atom stereocenters.